The molecule has 3 nitrogen and oxygen atoms in total. The summed E-state index contributed by atoms with van der Waals surface area (Å²) in [5.41, 5.74) is 0. The largest absolute Gasteiger partial charge is 0.460 e. The summed E-state index contributed by atoms with van der Waals surface area (Å²) in [5, 5.41) is 0. The minimum Gasteiger partial charge on any atom is -0.460 e. The lowest BCUT2D eigenvalue weighted by Crippen LogP contribution is -2.32. The van der Waals surface area contributed by atoms with Gasteiger partial charge in [-0.05, 0) is 38.5 Å². The molecule has 0 radical (unpaired) electrons. The summed E-state index contributed by atoms with van der Waals surface area (Å²) in [5.74, 6) is -0.0513. The van der Waals surface area contributed by atoms with Crippen LogP contribution in [0.5, 0.6) is 0 Å². The number of allylic oxidation sites excluding steroid dienone is 1. The maximum absolute atomic E-state index is 12.1. The third kappa shape index (κ3) is 8.57. The van der Waals surface area contributed by atoms with Crippen molar-refractivity contribution in [1.29, 1.82) is 0 Å². The number of ether oxygens (including phenoxy) is 2. The lowest BCUT2D eigenvalue weighted by Gasteiger charge is -2.25. The predicted octanol–water partition coefficient (Wildman–Crippen LogP) is 5.18. The second kappa shape index (κ2) is 12.7. The van der Waals surface area contributed by atoms with Gasteiger partial charge in [0.05, 0.1) is 6.10 Å². The topological polar surface area (TPSA) is 35.5 Å². The van der Waals surface area contributed by atoms with E-state index in [9.17, 15) is 4.79 Å². The predicted molar refractivity (Wildman–Crippen MR) is 90.9 cm³/mol. The number of esters is 1. The van der Waals surface area contributed by atoms with Crippen LogP contribution in [0.3, 0.4) is 0 Å². The Morgan fingerprint density at radius 3 is 2.68 bits per heavy atom. The minimum absolute atomic E-state index is 0.0139. The number of rotatable bonds is 5. The van der Waals surface area contributed by atoms with Crippen molar-refractivity contribution in [2.45, 2.75) is 96.2 Å². The fourth-order valence-corrected chi connectivity index (χ4v) is 2.95. The summed E-state index contributed by atoms with van der Waals surface area (Å²) >= 11 is 0. The molecule has 0 saturated carbocycles. The van der Waals surface area contributed by atoms with Gasteiger partial charge in [-0.2, -0.15) is 0 Å². The first-order valence-electron chi connectivity index (χ1n) is 9.15. The highest BCUT2D eigenvalue weighted by molar-refractivity contribution is 5.69. The van der Waals surface area contributed by atoms with Crippen LogP contribution in [0.2, 0.25) is 0 Å². The van der Waals surface area contributed by atoms with Crippen molar-refractivity contribution >= 4 is 5.97 Å². The van der Waals surface area contributed by atoms with Gasteiger partial charge < -0.3 is 9.47 Å². The Balaban J connectivity index is 2.63. The average Bonchev–Trinajstić information content (AvgIpc) is 2.52. The molecule has 1 aliphatic rings. The van der Waals surface area contributed by atoms with Crippen molar-refractivity contribution in [3.63, 3.8) is 0 Å². The molecule has 0 unspecified atom stereocenters. The van der Waals surface area contributed by atoms with E-state index in [4.69, 9.17) is 9.47 Å². The standard InChI is InChI=1S/C19H34O3/c1-3-4-11-15-18-17(21-2)14-12-9-7-5-6-8-10-13-16-19(20)22-18/h9,12,17-18H,3-8,10-11,13-16H2,1-2H3/b12-9-/t17-,18-/m0/s1. The molecular weight excluding hydrogens is 276 g/mol. The van der Waals surface area contributed by atoms with Crippen LogP contribution in [0, 0.1) is 0 Å². The summed E-state index contributed by atoms with van der Waals surface area (Å²) in [7, 11) is 1.72. The van der Waals surface area contributed by atoms with Gasteiger partial charge in [-0.1, -0.05) is 51.2 Å². The summed E-state index contributed by atoms with van der Waals surface area (Å²) in [6.07, 6.45) is 17.0. The van der Waals surface area contributed by atoms with E-state index in [-0.39, 0.29) is 18.2 Å². The van der Waals surface area contributed by atoms with Crippen LogP contribution in [-0.2, 0) is 14.3 Å². The van der Waals surface area contributed by atoms with E-state index in [1.54, 1.807) is 7.11 Å². The number of methoxy groups -OCH3 is 1. The molecule has 0 bridgehead atoms. The number of hydrogen-bond acceptors (Lipinski definition) is 3. The van der Waals surface area contributed by atoms with Crippen LogP contribution >= 0.6 is 0 Å². The number of hydrogen-bond donors (Lipinski definition) is 0. The maximum atomic E-state index is 12.1. The zero-order valence-electron chi connectivity index (χ0n) is 14.5. The van der Waals surface area contributed by atoms with Crippen LogP contribution in [0.25, 0.3) is 0 Å². The van der Waals surface area contributed by atoms with Gasteiger partial charge in [0.25, 0.3) is 0 Å². The number of carbonyl (C=O) groups excluding carboxylic acids is 1. The third-order valence-electron chi connectivity index (χ3n) is 4.38. The van der Waals surface area contributed by atoms with Gasteiger partial charge in [0.2, 0.25) is 0 Å². The van der Waals surface area contributed by atoms with E-state index in [0.29, 0.717) is 6.42 Å². The first-order valence-corrected chi connectivity index (χ1v) is 9.15. The van der Waals surface area contributed by atoms with Crippen molar-refractivity contribution in [3.05, 3.63) is 12.2 Å². The van der Waals surface area contributed by atoms with Gasteiger partial charge in [0.15, 0.2) is 0 Å². The zero-order valence-corrected chi connectivity index (χ0v) is 14.5. The van der Waals surface area contributed by atoms with Gasteiger partial charge in [0, 0.05) is 13.5 Å². The molecule has 0 aliphatic carbocycles. The summed E-state index contributed by atoms with van der Waals surface area (Å²) in [6.45, 7) is 2.19. The molecule has 3 heteroatoms. The van der Waals surface area contributed by atoms with E-state index in [2.05, 4.69) is 19.1 Å². The van der Waals surface area contributed by atoms with Crippen LogP contribution in [0.4, 0.5) is 0 Å². The average molecular weight is 310 g/mol. The second-order valence-electron chi connectivity index (χ2n) is 6.31. The quantitative estimate of drug-likeness (QED) is 0.398. The Bertz CT molecular complexity index is 312. The number of carbonyl (C=O) groups is 1. The maximum Gasteiger partial charge on any atom is 0.306 e. The molecule has 0 amide bonds. The van der Waals surface area contributed by atoms with Crippen LogP contribution in [0.15, 0.2) is 12.2 Å². The fourth-order valence-electron chi connectivity index (χ4n) is 2.95. The third-order valence-corrected chi connectivity index (χ3v) is 4.38. The van der Waals surface area contributed by atoms with Crippen molar-refractivity contribution in [2.24, 2.45) is 0 Å². The van der Waals surface area contributed by atoms with Gasteiger partial charge in [-0.25, -0.2) is 0 Å². The smallest absolute Gasteiger partial charge is 0.306 e. The summed E-state index contributed by atoms with van der Waals surface area (Å²) < 4.78 is 11.4. The molecular formula is C19H34O3. The van der Waals surface area contributed by atoms with Crippen LogP contribution in [-0.4, -0.2) is 25.3 Å². The Morgan fingerprint density at radius 2 is 1.91 bits per heavy atom. The lowest BCUT2D eigenvalue weighted by atomic mass is 10.0. The zero-order chi connectivity index (χ0) is 16.0. The van der Waals surface area contributed by atoms with Crippen molar-refractivity contribution in [3.8, 4) is 0 Å². The highest BCUT2D eigenvalue weighted by Gasteiger charge is 2.23. The van der Waals surface area contributed by atoms with E-state index < -0.39 is 0 Å². The van der Waals surface area contributed by atoms with Gasteiger partial charge in [-0.3, -0.25) is 4.79 Å². The molecule has 1 aliphatic heterocycles. The molecule has 0 saturated heterocycles. The summed E-state index contributed by atoms with van der Waals surface area (Å²) in [4.78, 5) is 12.1. The molecule has 1 heterocycles. The van der Waals surface area contributed by atoms with Crippen LogP contribution in [0.1, 0.15) is 84.0 Å². The normalized spacial score (nSPS) is 26.9. The van der Waals surface area contributed by atoms with E-state index >= 15 is 0 Å². The highest BCUT2D eigenvalue weighted by atomic mass is 16.6. The monoisotopic (exact) mass is 310 g/mol. The first-order chi connectivity index (χ1) is 10.8. The van der Waals surface area contributed by atoms with Crippen molar-refractivity contribution in [2.75, 3.05) is 7.11 Å². The van der Waals surface area contributed by atoms with E-state index in [1.807, 2.05) is 0 Å². The van der Waals surface area contributed by atoms with E-state index in [0.717, 1.165) is 38.5 Å². The van der Waals surface area contributed by atoms with Crippen molar-refractivity contribution < 1.29 is 14.3 Å². The summed E-state index contributed by atoms with van der Waals surface area (Å²) in [6, 6.07) is 0. The van der Waals surface area contributed by atoms with Gasteiger partial charge >= 0.3 is 5.97 Å². The fraction of sp³-hybridized carbons (Fsp3) is 0.842. The molecule has 128 valence electrons. The highest BCUT2D eigenvalue weighted by Crippen LogP contribution is 2.18. The molecule has 0 spiro atoms. The molecule has 1 rings (SSSR count). The second-order valence-corrected chi connectivity index (χ2v) is 6.31. The molecule has 0 aromatic rings. The molecule has 0 aromatic heterocycles. The molecule has 22 heavy (non-hydrogen) atoms. The number of cyclic esters (lactones) is 1. The molecule has 0 N–H and O–H groups in total. The first kappa shape index (κ1) is 19.2. The lowest BCUT2D eigenvalue weighted by molar-refractivity contribution is -0.157. The Morgan fingerprint density at radius 1 is 1.14 bits per heavy atom. The SMILES string of the molecule is CCCCC[C@@H]1OC(=O)CCCCCCC/C=C\C[C@@H]1OC. The van der Waals surface area contributed by atoms with Gasteiger partial charge in [-0.15, -0.1) is 0 Å². The number of unbranched alkanes of at least 4 members (excludes halogenated alkanes) is 2. The molecule has 0 fully saturated rings. The molecule has 0 aromatic carbocycles. The van der Waals surface area contributed by atoms with E-state index in [1.165, 1.54) is 32.1 Å². The Kier molecular flexibility index (Phi) is 11.1. The Labute approximate surface area is 136 Å². The Hall–Kier alpha value is -0.830. The minimum atomic E-state index is -0.100. The van der Waals surface area contributed by atoms with Gasteiger partial charge in [0.1, 0.15) is 6.10 Å². The molecule has 2 atom stereocenters. The van der Waals surface area contributed by atoms with Crippen molar-refractivity contribution in [1.82, 2.24) is 0 Å². The van der Waals surface area contributed by atoms with Crippen LogP contribution < -0.4 is 0 Å².